The van der Waals surface area contributed by atoms with E-state index in [0.29, 0.717) is 5.92 Å². The van der Waals surface area contributed by atoms with Gasteiger partial charge in [-0.15, -0.1) is 0 Å². The van der Waals surface area contributed by atoms with Gasteiger partial charge in [0.05, 0.1) is 0 Å². The zero-order valence-electron chi connectivity index (χ0n) is 13.2. The van der Waals surface area contributed by atoms with Gasteiger partial charge in [0, 0.05) is 0 Å². The van der Waals surface area contributed by atoms with Crippen molar-refractivity contribution >= 4 is 36.9 Å². The molecule has 0 aromatic heterocycles. The molecular weight excluding hydrogens is 395 g/mol. The Balaban J connectivity index is 1.93. The molecule has 5 rings (SSSR count). The summed E-state index contributed by atoms with van der Waals surface area (Å²) in [5.74, 6) is 0.332. The third-order valence-corrected chi connectivity index (χ3v) is 6.25. The molecule has 0 nitrogen and oxygen atoms in total. The first-order valence-electron chi connectivity index (χ1n) is 8.26. The Morgan fingerprint density at radius 3 is 2.12 bits per heavy atom. The van der Waals surface area contributed by atoms with E-state index >= 15 is 0 Å². The standard InChI is InChI=1S/C23H15.Sn/c1-2-9-17(10-3-1)22-20-13-7-6-12-19(20)21-15-14-16-8-4-5-11-18(16)23(21)22;/h1-13,15,22H;. The van der Waals surface area contributed by atoms with Crippen LogP contribution in [0.25, 0.3) is 21.9 Å². The molecule has 0 saturated carbocycles. The number of rotatable bonds is 1. The molecular formula is C23H15Sn. The van der Waals surface area contributed by atoms with E-state index in [-0.39, 0.29) is 0 Å². The summed E-state index contributed by atoms with van der Waals surface area (Å²) in [5.41, 5.74) is 7.11. The van der Waals surface area contributed by atoms with E-state index in [2.05, 4.69) is 84.9 Å². The fraction of sp³-hybridized carbons (Fsp3) is 0.0435. The van der Waals surface area contributed by atoms with Gasteiger partial charge in [-0.3, -0.25) is 0 Å². The predicted octanol–water partition coefficient (Wildman–Crippen LogP) is 4.79. The molecule has 0 fully saturated rings. The van der Waals surface area contributed by atoms with Crippen LogP contribution in [0.15, 0.2) is 84.9 Å². The van der Waals surface area contributed by atoms with Gasteiger partial charge in [0.2, 0.25) is 0 Å². The second kappa shape index (κ2) is 5.49. The quantitative estimate of drug-likeness (QED) is 0.349. The molecule has 0 heterocycles. The van der Waals surface area contributed by atoms with Crippen LogP contribution in [-0.2, 0) is 0 Å². The first-order valence-corrected chi connectivity index (χ1v) is 9.69. The van der Waals surface area contributed by atoms with Crippen molar-refractivity contribution in [1.29, 1.82) is 0 Å². The van der Waals surface area contributed by atoms with Gasteiger partial charge in [0.15, 0.2) is 0 Å². The van der Waals surface area contributed by atoms with Crippen LogP contribution in [0.1, 0.15) is 22.6 Å². The second-order valence-electron chi connectivity index (χ2n) is 6.36. The van der Waals surface area contributed by atoms with Gasteiger partial charge < -0.3 is 0 Å². The van der Waals surface area contributed by atoms with Crippen LogP contribution >= 0.6 is 0 Å². The first-order chi connectivity index (χ1) is 11.8. The number of benzene rings is 4. The normalized spacial score (nSPS) is 15.3. The number of hydrogen-bond donors (Lipinski definition) is 0. The third kappa shape index (κ3) is 1.99. The molecule has 4 aromatic carbocycles. The van der Waals surface area contributed by atoms with E-state index in [0.717, 1.165) is 0 Å². The van der Waals surface area contributed by atoms with Gasteiger partial charge in [-0.2, -0.15) is 0 Å². The number of hydrogen-bond acceptors (Lipinski definition) is 0. The predicted molar refractivity (Wildman–Crippen MR) is 102 cm³/mol. The molecule has 0 spiro atoms. The Kier molecular flexibility index (Phi) is 3.27. The van der Waals surface area contributed by atoms with E-state index in [1.54, 1.807) is 0 Å². The Labute approximate surface area is 155 Å². The van der Waals surface area contributed by atoms with Crippen molar-refractivity contribution < 1.29 is 0 Å². The molecule has 0 aliphatic heterocycles. The minimum absolute atomic E-state index is 0.332. The molecule has 24 heavy (non-hydrogen) atoms. The summed E-state index contributed by atoms with van der Waals surface area (Å²) in [6.07, 6.45) is 0. The molecule has 1 aliphatic rings. The number of fused-ring (bicyclic) bond motifs is 5. The zero-order chi connectivity index (χ0) is 16.1. The Morgan fingerprint density at radius 2 is 1.29 bits per heavy atom. The van der Waals surface area contributed by atoms with Crippen LogP contribution in [0.4, 0.5) is 0 Å². The fourth-order valence-corrected chi connectivity index (χ4v) is 5.11. The Morgan fingerprint density at radius 1 is 0.625 bits per heavy atom. The summed E-state index contributed by atoms with van der Waals surface area (Å²) in [7, 11) is 0. The summed E-state index contributed by atoms with van der Waals surface area (Å²) >= 11 is 1.48. The molecule has 1 aliphatic carbocycles. The molecule has 0 N–H and O–H groups in total. The van der Waals surface area contributed by atoms with Crippen molar-refractivity contribution in [2.45, 2.75) is 5.92 Å². The fourth-order valence-electron chi connectivity index (χ4n) is 4.07. The summed E-state index contributed by atoms with van der Waals surface area (Å²) < 4.78 is 1.44. The van der Waals surface area contributed by atoms with Gasteiger partial charge >= 0.3 is 156 Å². The maximum absolute atomic E-state index is 2.41. The molecule has 1 atom stereocenters. The second-order valence-corrected chi connectivity index (χ2v) is 7.90. The molecule has 1 unspecified atom stereocenters. The molecule has 0 amide bonds. The van der Waals surface area contributed by atoms with Crippen LogP contribution in [0, 0.1) is 0 Å². The topological polar surface area (TPSA) is 0 Å². The molecule has 3 radical (unpaired) electrons. The van der Waals surface area contributed by atoms with Crippen LogP contribution in [-0.4, -0.2) is 22.5 Å². The van der Waals surface area contributed by atoms with Crippen molar-refractivity contribution in [2.24, 2.45) is 0 Å². The SMILES string of the molecule is [Sn][c]1cc2c(c3ccccc13)C(c1ccccc1)c1ccccc1-2. The van der Waals surface area contributed by atoms with Gasteiger partial charge in [-0.25, -0.2) is 0 Å². The van der Waals surface area contributed by atoms with Crippen molar-refractivity contribution in [2.75, 3.05) is 0 Å². The summed E-state index contributed by atoms with van der Waals surface area (Å²) in [4.78, 5) is 0. The summed E-state index contributed by atoms with van der Waals surface area (Å²) in [6.45, 7) is 0. The average molecular weight is 410 g/mol. The van der Waals surface area contributed by atoms with Gasteiger partial charge in [0.25, 0.3) is 0 Å². The molecule has 1 heteroatoms. The van der Waals surface area contributed by atoms with Gasteiger partial charge in [-0.1, -0.05) is 0 Å². The maximum atomic E-state index is 2.41. The van der Waals surface area contributed by atoms with Crippen molar-refractivity contribution in [3.8, 4) is 11.1 Å². The van der Waals surface area contributed by atoms with Gasteiger partial charge in [-0.05, 0) is 0 Å². The van der Waals surface area contributed by atoms with Crippen molar-refractivity contribution in [3.63, 3.8) is 0 Å². The van der Waals surface area contributed by atoms with Gasteiger partial charge in [0.1, 0.15) is 0 Å². The van der Waals surface area contributed by atoms with E-state index < -0.39 is 0 Å². The van der Waals surface area contributed by atoms with Crippen LogP contribution in [0.5, 0.6) is 0 Å². The molecule has 4 aromatic rings. The van der Waals surface area contributed by atoms with E-state index in [9.17, 15) is 0 Å². The third-order valence-electron chi connectivity index (χ3n) is 5.07. The first kappa shape index (κ1) is 14.3. The minimum atomic E-state index is 0.332. The summed E-state index contributed by atoms with van der Waals surface area (Å²) in [5, 5.41) is 2.81. The van der Waals surface area contributed by atoms with Crippen LogP contribution in [0.3, 0.4) is 0 Å². The zero-order valence-corrected chi connectivity index (χ0v) is 16.0. The summed E-state index contributed by atoms with van der Waals surface area (Å²) in [6, 6.07) is 31.1. The Bertz CT molecular complexity index is 1060. The van der Waals surface area contributed by atoms with E-state index in [4.69, 9.17) is 0 Å². The van der Waals surface area contributed by atoms with Crippen molar-refractivity contribution in [1.82, 2.24) is 0 Å². The average Bonchev–Trinajstić information content (AvgIpc) is 2.97. The van der Waals surface area contributed by atoms with Crippen molar-refractivity contribution in [3.05, 3.63) is 102 Å². The van der Waals surface area contributed by atoms with Crippen LogP contribution < -0.4 is 3.58 Å². The molecule has 0 bridgehead atoms. The monoisotopic (exact) mass is 411 g/mol. The molecule has 111 valence electrons. The van der Waals surface area contributed by atoms with E-state index in [1.807, 2.05) is 0 Å². The van der Waals surface area contributed by atoms with E-state index in [1.165, 1.54) is 64.7 Å². The molecule has 0 saturated heterocycles. The Hall–Kier alpha value is -2.06. The van der Waals surface area contributed by atoms with Crippen LogP contribution in [0.2, 0.25) is 0 Å².